The molecule has 0 radical (unpaired) electrons. The quantitative estimate of drug-likeness (QED) is 0.918. The van der Waals surface area contributed by atoms with Crippen LogP contribution in [-0.4, -0.2) is 22.7 Å². The van der Waals surface area contributed by atoms with Crippen LogP contribution in [-0.2, 0) is 4.74 Å². The van der Waals surface area contributed by atoms with Gasteiger partial charge in [-0.1, -0.05) is 19.3 Å². The van der Waals surface area contributed by atoms with Crippen molar-refractivity contribution in [2.24, 2.45) is 5.92 Å². The molecule has 1 aliphatic rings. The number of rotatable bonds is 4. The van der Waals surface area contributed by atoms with Gasteiger partial charge in [-0.3, -0.25) is 9.97 Å². The molecule has 0 aliphatic heterocycles. The maximum absolute atomic E-state index is 11.8. The topological polar surface area (TPSA) is 64.1 Å². The summed E-state index contributed by atoms with van der Waals surface area (Å²) in [5, 5.41) is 2.81. The summed E-state index contributed by atoms with van der Waals surface area (Å²) in [5.41, 5.74) is 1.61. The Labute approximate surface area is 120 Å². The number of ether oxygens (including phenoxy) is 1. The minimum atomic E-state index is -0.367. The molecule has 1 aromatic rings. The lowest BCUT2D eigenvalue weighted by Crippen LogP contribution is -2.30. The van der Waals surface area contributed by atoms with Crippen LogP contribution < -0.4 is 5.32 Å². The largest absolute Gasteiger partial charge is 0.449 e. The van der Waals surface area contributed by atoms with Crippen molar-refractivity contribution in [3.05, 3.63) is 23.8 Å². The molecule has 1 N–H and O–H groups in total. The van der Waals surface area contributed by atoms with Gasteiger partial charge in [0.05, 0.1) is 24.0 Å². The average Bonchev–Trinajstić information content (AvgIpc) is 2.46. The molecule has 110 valence electrons. The molecule has 2 rings (SSSR count). The van der Waals surface area contributed by atoms with Gasteiger partial charge in [-0.2, -0.15) is 0 Å². The smallest absolute Gasteiger partial charge is 0.407 e. The molecule has 1 saturated carbocycles. The van der Waals surface area contributed by atoms with Crippen molar-refractivity contribution in [2.45, 2.75) is 52.0 Å². The Morgan fingerprint density at radius 2 is 2.05 bits per heavy atom. The van der Waals surface area contributed by atoms with Gasteiger partial charge in [0.1, 0.15) is 0 Å². The molecule has 1 fully saturated rings. The van der Waals surface area contributed by atoms with Crippen LogP contribution in [0, 0.1) is 12.8 Å². The zero-order chi connectivity index (χ0) is 14.4. The van der Waals surface area contributed by atoms with Crippen LogP contribution in [0.2, 0.25) is 0 Å². The second-order valence-electron chi connectivity index (χ2n) is 5.50. The second kappa shape index (κ2) is 7.22. The summed E-state index contributed by atoms with van der Waals surface area (Å²) < 4.78 is 5.32. The monoisotopic (exact) mass is 277 g/mol. The van der Waals surface area contributed by atoms with Gasteiger partial charge in [0.2, 0.25) is 0 Å². The molecule has 0 bridgehead atoms. The Balaban J connectivity index is 1.77. The second-order valence-corrected chi connectivity index (χ2v) is 5.50. The van der Waals surface area contributed by atoms with Crippen LogP contribution in [0.25, 0.3) is 0 Å². The fourth-order valence-electron chi connectivity index (χ4n) is 2.68. The molecule has 0 aromatic carbocycles. The van der Waals surface area contributed by atoms with E-state index in [4.69, 9.17) is 4.74 Å². The molecular formula is C15H23N3O2. The minimum absolute atomic E-state index is 0.192. The van der Waals surface area contributed by atoms with Crippen LogP contribution in [0.15, 0.2) is 12.4 Å². The molecule has 1 aromatic heterocycles. The number of hydrogen-bond acceptors (Lipinski definition) is 4. The van der Waals surface area contributed by atoms with Gasteiger partial charge in [-0.05, 0) is 32.6 Å². The number of aromatic nitrogens is 2. The number of carbonyl (C=O) groups is 1. The van der Waals surface area contributed by atoms with Gasteiger partial charge in [-0.25, -0.2) is 4.79 Å². The predicted molar refractivity (Wildman–Crippen MR) is 76.2 cm³/mol. The first kappa shape index (κ1) is 14.8. The van der Waals surface area contributed by atoms with Crippen molar-refractivity contribution < 1.29 is 9.53 Å². The van der Waals surface area contributed by atoms with E-state index in [1.54, 1.807) is 12.4 Å². The van der Waals surface area contributed by atoms with E-state index >= 15 is 0 Å². The number of amides is 1. The Morgan fingerprint density at radius 3 is 2.75 bits per heavy atom. The normalized spacial score (nSPS) is 17.5. The predicted octanol–water partition coefficient (Wildman–Crippen LogP) is 3.15. The lowest BCUT2D eigenvalue weighted by atomic mass is 9.90. The first-order chi connectivity index (χ1) is 9.66. The summed E-state index contributed by atoms with van der Waals surface area (Å²) in [7, 11) is 0. The van der Waals surface area contributed by atoms with Gasteiger partial charge in [0.25, 0.3) is 0 Å². The number of carbonyl (C=O) groups excluding carboxylic acids is 1. The Bertz CT molecular complexity index is 444. The van der Waals surface area contributed by atoms with Crippen molar-refractivity contribution in [2.75, 3.05) is 6.61 Å². The summed E-state index contributed by atoms with van der Waals surface area (Å²) in [6.45, 7) is 4.30. The zero-order valence-electron chi connectivity index (χ0n) is 12.3. The first-order valence-electron chi connectivity index (χ1n) is 7.37. The van der Waals surface area contributed by atoms with Gasteiger partial charge in [0, 0.05) is 12.4 Å². The summed E-state index contributed by atoms with van der Waals surface area (Å²) in [4.78, 5) is 20.2. The number of nitrogens with zero attached hydrogens (tertiary/aromatic N) is 2. The van der Waals surface area contributed by atoms with Crippen molar-refractivity contribution in [1.82, 2.24) is 15.3 Å². The maximum atomic E-state index is 11.8. The highest BCUT2D eigenvalue weighted by Gasteiger charge is 2.17. The lowest BCUT2D eigenvalue weighted by Gasteiger charge is -2.22. The van der Waals surface area contributed by atoms with Crippen LogP contribution in [0.5, 0.6) is 0 Å². The third kappa shape index (κ3) is 4.18. The van der Waals surface area contributed by atoms with Gasteiger partial charge in [0.15, 0.2) is 0 Å². The van der Waals surface area contributed by atoms with Crippen molar-refractivity contribution >= 4 is 6.09 Å². The highest BCUT2D eigenvalue weighted by molar-refractivity contribution is 5.67. The third-order valence-corrected chi connectivity index (χ3v) is 3.84. The van der Waals surface area contributed by atoms with Crippen molar-refractivity contribution in [3.8, 4) is 0 Å². The Kier molecular flexibility index (Phi) is 5.32. The van der Waals surface area contributed by atoms with Crippen LogP contribution in [0.4, 0.5) is 4.79 Å². The molecule has 1 aliphatic carbocycles. The van der Waals surface area contributed by atoms with Crippen molar-refractivity contribution in [3.63, 3.8) is 0 Å². The van der Waals surface area contributed by atoms with Crippen LogP contribution >= 0.6 is 0 Å². The molecule has 20 heavy (non-hydrogen) atoms. The third-order valence-electron chi connectivity index (χ3n) is 3.84. The van der Waals surface area contributed by atoms with E-state index in [1.165, 1.54) is 32.1 Å². The van der Waals surface area contributed by atoms with Crippen LogP contribution in [0.3, 0.4) is 0 Å². The van der Waals surface area contributed by atoms with E-state index in [1.807, 2.05) is 13.8 Å². The molecule has 0 saturated heterocycles. The number of nitrogens with one attached hydrogen (secondary N) is 1. The van der Waals surface area contributed by atoms with E-state index in [-0.39, 0.29) is 12.1 Å². The minimum Gasteiger partial charge on any atom is -0.449 e. The highest BCUT2D eigenvalue weighted by Crippen LogP contribution is 2.23. The maximum Gasteiger partial charge on any atom is 0.407 e. The number of alkyl carbamates (subject to hydrolysis) is 1. The fourth-order valence-corrected chi connectivity index (χ4v) is 2.68. The van der Waals surface area contributed by atoms with E-state index in [0.717, 1.165) is 11.4 Å². The molecule has 0 spiro atoms. The van der Waals surface area contributed by atoms with E-state index in [0.29, 0.717) is 12.5 Å². The zero-order valence-corrected chi connectivity index (χ0v) is 12.3. The first-order valence-corrected chi connectivity index (χ1v) is 7.37. The highest BCUT2D eigenvalue weighted by atomic mass is 16.5. The molecule has 1 amide bonds. The average molecular weight is 277 g/mol. The summed E-state index contributed by atoms with van der Waals surface area (Å²) in [5.74, 6) is 0.531. The van der Waals surface area contributed by atoms with E-state index < -0.39 is 0 Å². The molecule has 5 heteroatoms. The standard InChI is InChI=1S/C15H23N3O2/c1-11-14(17-9-8-16-11)12(2)18-15(19)20-10-13-6-4-3-5-7-13/h8-9,12-13H,3-7,10H2,1-2H3,(H,18,19)/t12-/m0/s1. The summed E-state index contributed by atoms with van der Waals surface area (Å²) >= 11 is 0. The molecule has 5 nitrogen and oxygen atoms in total. The number of hydrogen-bond donors (Lipinski definition) is 1. The Hall–Kier alpha value is -1.65. The summed E-state index contributed by atoms with van der Waals surface area (Å²) in [6.07, 6.45) is 9.08. The lowest BCUT2D eigenvalue weighted by molar-refractivity contribution is 0.113. The SMILES string of the molecule is Cc1nccnc1[C@H](C)NC(=O)OCC1CCCCC1. The van der Waals surface area contributed by atoms with Gasteiger partial charge >= 0.3 is 6.09 Å². The van der Waals surface area contributed by atoms with Crippen LogP contribution in [0.1, 0.15) is 56.5 Å². The number of aryl methyl sites for hydroxylation is 1. The van der Waals surface area contributed by atoms with Gasteiger partial charge in [-0.15, -0.1) is 0 Å². The summed E-state index contributed by atoms with van der Waals surface area (Å²) in [6, 6.07) is -0.192. The molecule has 0 unspecified atom stereocenters. The van der Waals surface area contributed by atoms with Gasteiger partial charge < -0.3 is 10.1 Å². The fraction of sp³-hybridized carbons (Fsp3) is 0.667. The van der Waals surface area contributed by atoms with E-state index in [9.17, 15) is 4.79 Å². The van der Waals surface area contributed by atoms with Crippen molar-refractivity contribution in [1.29, 1.82) is 0 Å². The molecule has 1 atom stereocenters. The molecular weight excluding hydrogens is 254 g/mol. The Morgan fingerprint density at radius 1 is 1.35 bits per heavy atom. The molecule has 1 heterocycles. The van der Waals surface area contributed by atoms with E-state index in [2.05, 4.69) is 15.3 Å².